The Labute approximate surface area is 148 Å². The number of nitrogens with one attached hydrogen (secondary N) is 1. The number of hydrogen-bond acceptors (Lipinski definition) is 5. The van der Waals surface area contributed by atoms with Crippen molar-refractivity contribution in [3.05, 3.63) is 41.9 Å². The zero-order valence-electron chi connectivity index (χ0n) is 15.2. The number of aromatic nitrogens is 3. The van der Waals surface area contributed by atoms with Crippen LogP contribution in [0.15, 0.2) is 30.6 Å². The SMILES string of the molecule is CC(C)(C)OC(=O)n1ccc(CCCC2CCc3cccnc3N2)n1. The second kappa shape index (κ2) is 7.25. The molecule has 3 heterocycles. The molecule has 0 amide bonds. The average molecular weight is 342 g/mol. The number of fused-ring (bicyclic) bond motifs is 1. The molecule has 25 heavy (non-hydrogen) atoms. The third-order valence-corrected chi connectivity index (χ3v) is 4.20. The van der Waals surface area contributed by atoms with E-state index in [2.05, 4.69) is 21.5 Å². The molecule has 1 unspecified atom stereocenters. The van der Waals surface area contributed by atoms with Gasteiger partial charge in [-0.2, -0.15) is 9.78 Å². The highest BCUT2D eigenvalue weighted by atomic mass is 16.6. The van der Waals surface area contributed by atoms with Crippen LogP contribution < -0.4 is 5.32 Å². The molecule has 0 radical (unpaired) electrons. The second-order valence-corrected chi connectivity index (χ2v) is 7.52. The number of ether oxygens (including phenoxy) is 1. The highest BCUT2D eigenvalue weighted by molar-refractivity contribution is 5.69. The van der Waals surface area contributed by atoms with Gasteiger partial charge in [-0.25, -0.2) is 9.78 Å². The second-order valence-electron chi connectivity index (χ2n) is 7.52. The highest BCUT2D eigenvalue weighted by Crippen LogP contribution is 2.24. The largest absolute Gasteiger partial charge is 0.442 e. The minimum absolute atomic E-state index is 0.435. The third-order valence-electron chi connectivity index (χ3n) is 4.20. The topological polar surface area (TPSA) is 69.0 Å². The molecule has 0 saturated heterocycles. The average Bonchev–Trinajstić information content (AvgIpc) is 3.02. The lowest BCUT2D eigenvalue weighted by atomic mass is 9.97. The van der Waals surface area contributed by atoms with Crippen LogP contribution in [0.5, 0.6) is 0 Å². The molecule has 0 saturated carbocycles. The van der Waals surface area contributed by atoms with Crippen molar-refractivity contribution in [2.75, 3.05) is 5.32 Å². The van der Waals surface area contributed by atoms with Gasteiger partial charge in [-0.3, -0.25) is 0 Å². The highest BCUT2D eigenvalue weighted by Gasteiger charge is 2.19. The number of carbonyl (C=O) groups is 1. The maximum absolute atomic E-state index is 12.0. The molecular weight excluding hydrogens is 316 g/mol. The standard InChI is InChI=1S/C19H26N4O2/c1-19(2,3)25-18(24)23-13-11-16(22-23)8-4-7-15-10-9-14-6-5-12-20-17(14)21-15/h5-6,11-13,15H,4,7-10H2,1-3H3,(H,20,21). The van der Waals surface area contributed by atoms with Crippen molar-refractivity contribution in [2.24, 2.45) is 0 Å². The van der Waals surface area contributed by atoms with Gasteiger partial charge in [0, 0.05) is 18.4 Å². The summed E-state index contributed by atoms with van der Waals surface area (Å²) < 4.78 is 6.59. The molecule has 0 fully saturated rings. The van der Waals surface area contributed by atoms with Crippen molar-refractivity contribution in [2.45, 2.75) is 64.5 Å². The lowest BCUT2D eigenvalue weighted by molar-refractivity contribution is 0.0514. The summed E-state index contributed by atoms with van der Waals surface area (Å²) in [5.74, 6) is 1.02. The Hall–Kier alpha value is -2.37. The minimum Gasteiger partial charge on any atom is -0.442 e. The van der Waals surface area contributed by atoms with Gasteiger partial charge in [-0.05, 0) is 70.6 Å². The predicted molar refractivity (Wildman–Crippen MR) is 96.8 cm³/mol. The van der Waals surface area contributed by atoms with Crippen LogP contribution in [0.3, 0.4) is 0 Å². The zero-order valence-corrected chi connectivity index (χ0v) is 15.2. The molecule has 0 aliphatic carbocycles. The summed E-state index contributed by atoms with van der Waals surface area (Å²) >= 11 is 0. The molecule has 2 aromatic heterocycles. The summed E-state index contributed by atoms with van der Waals surface area (Å²) in [4.78, 5) is 16.4. The molecule has 0 spiro atoms. The zero-order chi connectivity index (χ0) is 17.9. The molecule has 0 bridgehead atoms. The van der Waals surface area contributed by atoms with E-state index in [9.17, 15) is 4.79 Å². The first-order chi connectivity index (χ1) is 11.9. The van der Waals surface area contributed by atoms with Gasteiger partial charge in [0.15, 0.2) is 0 Å². The fourth-order valence-electron chi connectivity index (χ4n) is 3.02. The Bertz CT molecular complexity index is 733. The van der Waals surface area contributed by atoms with E-state index in [0.717, 1.165) is 43.6 Å². The van der Waals surface area contributed by atoms with E-state index < -0.39 is 11.7 Å². The molecule has 1 N–H and O–H groups in total. The smallest absolute Gasteiger partial charge is 0.435 e. The Morgan fingerprint density at radius 1 is 1.40 bits per heavy atom. The van der Waals surface area contributed by atoms with E-state index >= 15 is 0 Å². The first-order valence-corrected chi connectivity index (χ1v) is 8.89. The number of carbonyl (C=O) groups excluding carboxylic acids is 1. The molecular formula is C19H26N4O2. The Balaban J connectivity index is 1.46. The van der Waals surface area contributed by atoms with E-state index in [1.165, 1.54) is 10.2 Å². The molecule has 6 nitrogen and oxygen atoms in total. The summed E-state index contributed by atoms with van der Waals surface area (Å²) in [6.45, 7) is 5.54. The Morgan fingerprint density at radius 3 is 3.04 bits per heavy atom. The molecule has 1 aliphatic rings. The molecule has 134 valence electrons. The van der Waals surface area contributed by atoms with Crippen molar-refractivity contribution >= 4 is 11.9 Å². The van der Waals surface area contributed by atoms with Crippen LogP contribution in [0, 0.1) is 0 Å². The number of hydrogen-bond donors (Lipinski definition) is 1. The lowest BCUT2D eigenvalue weighted by Crippen LogP contribution is -2.27. The monoisotopic (exact) mass is 342 g/mol. The van der Waals surface area contributed by atoms with Crippen molar-refractivity contribution in [3.63, 3.8) is 0 Å². The van der Waals surface area contributed by atoms with E-state index in [0.29, 0.717) is 6.04 Å². The van der Waals surface area contributed by atoms with Crippen LogP contribution >= 0.6 is 0 Å². The third kappa shape index (κ3) is 4.81. The first-order valence-electron chi connectivity index (χ1n) is 8.89. The van der Waals surface area contributed by atoms with Crippen molar-refractivity contribution in [1.82, 2.24) is 14.8 Å². The number of pyridine rings is 1. The summed E-state index contributed by atoms with van der Waals surface area (Å²) in [6, 6.07) is 6.46. The number of anilines is 1. The number of nitrogens with zero attached hydrogens (tertiary/aromatic N) is 3. The quantitative estimate of drug-likeness (QED) is 0.915. The van der Waals surface area contributed by atoms with Gasteiger partial charge >= 0.3 is 6.09 Å². The van der Waals surface area contributed by atoms with Crippen LogP contribution in [-0.4, -0.2) is 32.5 Å². The Kier molecular flexibility index (Phi) is 5.06. The first kappa shape index (κ1) is 17.5. The van der Waals surface area contributed by atoms with Gasteiger partial charge in [0.25, 0.3) is 0 Å². The number of rotatable bonds is 4. The summed E-state index contributed by atoms with van der Waals surface area (Å²) in [5, 5.41) is 7.84. The van der Waals surface area contributed by atoms with Gasteiger partial charge in [0.1, 0.15) is 11.4 Å². The fourth-order valence-corrected chi connectivity index (χ4v) is 3.02. The van der Waals surface area contributed by atoms with Gasteiger partial charge in [0.05, 0.1) is 5.69 Å². The van der Waals surface area contributed by atoms with Gasteiger partial charge in [-0.1, -0.05) is 6.07 Å². The van der Waals surface area contributed by atoms with Crippen LogP contribution in [0.2, 0.25) is 0 Å². The van der Waals surface area contributed by atoms with Crippen LogP contribution in [0.4, 0.5) is 10.6 Å². The molecule has 1 atom stereocenters. The summed E-state index contributed by atoms with van der Waals surface area (Å²) in [5.41, 5.74) is 1.70. The minimum atomic E-state index is -0.514. The predicted octanol–water partition coefficient (Wildman–Crippen LogP) is 3.81. The van der Waals surface area contributed by atoms with E-state index in [4.69, 9.17) is 4.74 Å². The number of aryl methyl sites for hydroxylation is 2. The van der Waals surface area contributed by atoms with E-state index in [1.807, 2.05) is 39.1 Å². The van der Waals surface area contributed by atoms with Crippen molar-refractivity contribution < 1.29 is 9.53 Å². The Morgan fingerprint density at radius 2 is 2.24 bits per heavy atom. The van der Waals surface area contributed by atoms with Gasteiger partial charge < -0.3 is 10.1 Å². The van der Waals surface area contributed by atoms with Crippen LogP contribution in [0.1, 0.15) is 51.3 Å². The van der Waals surface area contributed by atoms with E-state index in [-0.39, 0.29) is 0 Å². The van der Waals surface area contributed by atoms with Crippen LogP contribution in [-0.2, 0) is 17.6 Å². The fraction of sp³-hybridized carbons (Fsp3) is 0.526. The lowest BCUT2D eigenvalue weighted by Gasteiger charge is -2.25. The molecule has 6 heteroatoms. The molecule has 2 aromatic rings. The van der Waals surface area contributed by atoms with Gasteiger partial charge in [-0.15, -0.1) is 0 Å². The maximum atomic E-state index is 12.0. The molecule has 0 aromatic carbocycles. The normalized spacial score (nSPS) is 16.8. The maximum Gasteiger partial charge on any atom is 0.435 e. The summed E-state index contributed by atoms with van der Waals surface area (Å²) in [7, 11) is 0. The van der Waals surface area contributed by atoms with Crippen molar-refractivity contribution in [3.8, 4) is 0 Å². The van der Waals surface area contributed by atoms with Crippen molar-refractivity contribution in [1.29, 1.82) is 0 Å². The molecule has 3 rings (SSSR count). The summed E-state index contributed by atoms with van der Waals surface area (Å²) in [6.07, 6.45) is 8.21. The van der Waals surface area contributed by atoms with Gasteiger partial charge in [0.2, 0.25) is 0 Å². The van der Waals surface area contributed by atoms with E-state index in [1.54, 1.807) is 6.20 Å². The molecule has 1 aliphatic heterocycles. The van der Waals surface area contributed by atoms with Crippen LogP contribution in [0.25, 0.3) is 0 Å².